The molecule has 8 heteroatoms. The molecule has 3 aromatic rings. The van der Waals surface area contributed by atoms with Crippen LogP contribution in [0, 0.1) is 6.92 Å². The van der Waals surface area contributed by atoms with Crippen LogP contribution in [0.25, 0.3) is 11.3 Å². The summed E-state index contributed by atoms with van der Waals surface area (Å²) in [6, 6.07) is 4.91. The third-order valence-corrected chi connectivity index (χ3v) is 3.42. The topological polar surface area (TPSA) is 55.6 Å². The maximum absolute atomic E-state index is 12.7. The number of anilines is 2. The lowest BCUT2D eigenvalue weighted by atomic mass is 10.1. The predicted molar refractivity (Wildman–Crippen MR) is 83.7 cm³/mol. The van der Waals surface area contributed by atoms with Crippen LogP contribution in [0.4, 0.5) is 24.8 Å². The lowest BCUT2D eigenvalue weighted by molar-refractivity contribution is -0.137. The number of nitrogens with one attached hydrogen (secondary N) is 1. The van der Waals surface area contributed by atoms with Crippen molar-refractivity contribution in [3.05, 3.63) is 54.0 Å². The molecule has 0 amide bonds. The van der Waals surface area contributed by atoms with Crippen LogP contribution in [0.2, 0.25) is 0 Å². The number of aromatic nitrogens is 4. The maximum Gasteiger partial charge on any atom is 0.416 e. The molecule has 5 nitrogen and oxygen atoms in total. The van der Waals surface area contributed by atoms with Gasteiger partial charge in [0.1, 0.15) is 0 Å². The van der Waals surface area contributed by atoms with E-state index >= 15 is 0 Å². The molecule has 2 aromatic heterocycles. The molecule has 0 radical (unpaired) electrons. The van der Waals surface area contributed by atoms with E-state index in [-0.39, 0.29) is 0 Å². The Bertz CT molecular complexity index is 853. The van der Waals surface area contributed by atoms with E-state index in [9.17, 15) is 13.2 Å². The summed E-state index contributed by atoms with van der Waals surface area (Å²) in [4.78, 5) is 8.58. The van der Waals surface area contributed by atoms with Crippen LogP contribution in [0.3, 0.4) is 0 Å². The Morgan fingerprint density at radius 1 is 1.08 bits per heavy atom. The Balaban J connectivity index is 1.91. The Morgan fingerprint density at radius 3 is 2.38 bits per heavy atom. The van der Waals surface area contributed by atoms with Gasteiger partial charge >= 0.3 is 6.18 Å². The first-order chi connectivity index (χ1) is 11.3. The average molecular weight is 333 g/mol. The smallest absolute Gasteiger partial charge is 0.321 e. The van der Waals surface area contributed by atoms with Gasteiger partial charge in [-0.2, -0.15) is 18.3 Å². The summed E-state index contributed by atoms with van der Waals surface area (Å²) in [5.74, 6) is 0.350. The second-order valence-electron chi connectivity index (χ2n) is 5.33. The van der Waals surface area contributed by atoms with Crippen LogP contribution < -0.4 is 5.32 Å². The van der Waals surface area contributed by atoms with Gasteiger partial charge in [0.05, 0.1) is 23.1 Å². The van der Waals surface area contributed by atoms with Crippen LogP contribution in [-0.2, 0) is 13.2 Å². The van der Waals surface area contributed by atoms with E-state index < -0.39 is 11.7 Å². The summed E-state index contributed by atoms with van der Waals surface area (Å²) in [6.45, 7) is 1.81. The largest absolute Gasteiger partial charge is 0.416 e. The molecule has 1 aromatic carbocycles. The Hall–Kier alpha value is -2.90. The van der Waals surface area contributed by atoms with Gasteiger partial charge in [0.2, 0.25) is 5.95 Å². The SMILES string of the molecule is Cc1cnc(Nc2cnn(C)c2)nc1-c1ccc(C(F)(F)F)cc1. The monoisotopic (exact) mass is 333 g/mol. The summed E-state index contributed by atoms with van der Waals surface area (Å²) < 4.78 is 39.6. The second kappa shape index (κ2) is 5.95. The predicted octanol–water partition coefficient (Wildman–Crippen LogP) is 3.95. The van der Waals surface area contributed by atoms with E-state index in [1.165, 1.54) is 12.1 Å². The molecule has 24 heavy (non-hydrogen) atoms. The molecule has 0 bridgehead atoms. The molecular weight excluding hydrogens is 319 g/mol. The van der Waals surface area contributed by atoms with Crippen LogP contribution in [-0.4, -0.2) is 19.7 Å². The molecule has 0 aliphatic rings. The number of hydrogen-bond acceptors (Lipinski definition) is 4. The fourth-order valence-electron chi connectivity index (χ4n) is 2.23. The summed E-state index contributed by atoms with van der Waals surface area (Å²) >= 11 is 0. The van der Waals surface area contributed by atoms with Gasteiger partial charge in [-0.15, -0.1) is 0 Å². The van der Waals surface area contributed by atoms with Crippen molar-refractivity contribution in [1.82, 2.24) is 19.7 Å². The number of aryl methyl sites for hydroxylation is 2. The van der Waals surface area contributed by atoms with Gasteiger partial charge in [0, 0.05) is 25.0 Å². The quantitative estimate of drug-likeness (QED) is 0.788. The van der Waals surface area contributed by atoms with Crippen LogP contribution in [0.5, 0.6) is 0 Å². The highest BCUT2D eigenvalue weighted by atomic mass is 19.4. The van der Waals surface area contributed by atoms with Gasteiger partial charge in [-0.25, -0.2) is 9.97 Å². The zero-order valence-corrected chi connectivity index (χ0v) is 13.0. The number of rotatable bonds is 3. The van der Waals surface area contributed by atoms with Gasteiger partial charge in [-0.05, 0) is 24.6 Å². The second-order valence-corrected chi connectivity index (χ2v) is 5.33. The third kappa shape index (κ3) is 3.37. The Morgan fingerprint density at radius 2 is 1.79 bits per heavy atom. The van der Waals surface area contributed by atoms with Gasteiger partial charge < -0.3 is 5.32 Å². The minimum absolute atomic E-state index is 0.350. The van der Waals surface area contributed by atoms with Crippen LogP contribution in [0.15, 0.2) is 42.9 Å². The van der Waals surface area contributed by atoms with Crippen molar-refractivity contribution in [2.45, 2.75) is 13.1 Å². The minimum atomic E-state index is -4.35. The summed E-state index contributed by atoms with van der Waals surface area (Å²) in [5, 5.41) is 7.05. The number of alkyl halides is 3. The molecule has 0 fully saturated rings. The number of benzene rings is 1. The van der Waals surface area contributed by atoms with Gasteiger partial charge in [-0.3, -0.25) is 4.68 Å². The lowest BCUT2D eigenvalue weighted by Crippen LogP contribution is -2.04. The maximum atomic E-state index is 12.7. The molecule has 124 valence electrons. The van der Waals surface area contributed by atoms with Crippen molar-refractivity contribution >= 4 is 11.6 Å². The Labute approximate surface area is 136 Å². The standard InChI is InChI=1S/C16H14F3N5/c1-10-7-20-15(22-13-8-21-24(2)9-13)23-14(10)11-3-5-12(6-4-11)16(17,18)19/h3-9H,1-2H3,(H,20,22,23). The van der Waals surface area contributed by atoms with Crippen molar-refractivity contribution in [2.24, 2.45) is 7.05 Å². The Kier molecular flexibility index (Phi) is 3.96. The number of hydrogen-bond donors (Lipinski definition) is 1. The van der Waals surface area contributed by atoms with E-state index in [2.05, 4.69) is 20.4 Å². The first-order valence-corrected chi connectivity index (χ1v) is 7.10. The molecular formula is C16H14F3N5. The lowest BCUT2D eigenvalue weighted by Gasteiger charge is -2.10. The summed E-state index contributed by atoms with van der Waals surface area (Å²) in [5.41, 5.74) is 1.97. The van der Waals surface area contributed by atoms with E-state index in [0.717, 1.165) is 23.4 Å². The normalized spacial score (nSPS) is 11.5. The highest BCUT2D eigenvalue weighted by molar-refractivity contribution is 5.65. The number of halogens is 3. The summed E-state index contributed by atoms with van der Waals surface area (Å²) in [6.07, 6.45) is 0.660. The van der Waals surface area contributed by atoms with E-state index in [0.29, 0.717) is 17.2 Å². The highest BCUT2D eigenvalue weighted by Gasteiger charge is 2.30. The average Bonchev–Trinajstić information content (AvgIpc) is 2.93. The molecule has 0 unspecified atom stereocenters. The van der Waals surface area contributed by atoms with Gasteiger partial charge in [-0.1, -0.05) is 12.1 Å². The third-order valence-electron chi connectivity index (χ3n) is 3.42. The molecule has 0 atom stereocenters. The van der Waals surface area contributed by atoms with E-state index in [4.69, 9.17) is 0 Å². The van der Waals surface area contributed by atoms with Crippen LogP contribution >= 0.6 is 0 Å². The van der Waals surface area contributed by atoms with Crippen molar-refractivity contribution in [3.8, 4) is 11.3 Å². The molecule has 0 saturated heterocycles. The first kappa shape index (κ1) is 16.0. The number of nitrogens with zero attached hydrogens (tertiary/aromatic N) is 4. The highest BCUT2D eigenvalue weighted by Crippen LogP contribution is 2.31. The summed E-state index contributed by atoms with van der Waals surface area (Å²) in [7, 11) is 1.79. The molecule has 2 heterocycles. The van der Waals surface area contributed by atoms with E-state index in [1.54, 1.807) is 37.2 Å². The molecule has 0 saturated carbocycles. The van der Waals surface area contributed by atoms with Crippen LogP contribution in [0.1, 0.15) is 11.1 Å². The molecule has 0 aliphatic carbocycles. The van der Waals surface area contributed by atoms with Crippen molar-refractivity contribution in [1.29, 1.82) is 0 Å². The molecule has 3 rings (SSSR count). The van der Waals surface area contributed by atoms with Crippen molar-refractivity contribution in [2.75, 3.05) is 5.32 Å². The fourth-order valence-corrected chi connectivity index (χ4v) is 2.23. The fraction of sp³-hybridized carbons (Fsp3) is 0.188. The van der Waals surface area contributed by atoms with Gasteiger partial charge in [0.15, 0.2) is 0 Å². The van der Waals surface area contributed by atoms with Gasteiger partial charge in [0.25, 0.3) is 0 Å². The molecule has 0 aliphatic heterocycles. The zero-order valence-electron chi connectivity index (χ0n) is 13.0. The zero-order chi connectivity index (χ0) is 17.3. The van der Waals surface area contributed by atoms with Crippen molar-refractivity contribution < 1.29 is 13.2 Å². The molecule has 1 N–H and O–H groups in total. The molecule has 0 spiro atoms. The van der Waals surface area contributed by atoms with Crippen molar-refractivity contribution in [3.63, 3.8) is 0 Å². The van der Waals surface area contributed by atoms with E-state index in [1.807, 2.05) is 0 Å². The first-order valence-electron chi connectivity index (χ1n) is 7.10. The minimum Gasteiger partial charge on any atom is -0.321 e.